The molecule has 0 saturated carbocycles. The summed E-state index contributed by atoms with van der Waals surface area (Å²) in [6.45, 7) is 1.82. The second-order valence-corrected chi connectivity index (χ2v) is 6.93. The summed E-state index contributed by atoms with van der Waals surface area (Å²) in [7, 11) is 1.58. The molecule has 0 radical (unpaired) electrons. The maximum absolute atomic E-state index is 13.1. The Bertz CT molecular complexity index is 1280. The van der Waals surface area contributed by atoms with E-state index in [1.807, 2.05) is 25.1 Å². The molecule has 0 amide bonds. The van der Waals surface area contributed by atoms with Crippen LogP contribution in [0, 0.1) is 6.92 Å². The third-order valence-electron chi connectivity index (χ3n) is 4.81. The van der Waals surface area contributed by atoms with Crippen LogP contribution in [-0.4, -0.2) is 21.9 Å². The molecule has 0 aliphatic rings. The highest BCUT2D eigenvalue weighted by molar-refractivity contribution is 6.31. The van der Waals surface area contributed by atoms with Gasteiger partial charge in [0, 0.05) is 22.7 Å². The van der Waals surface area contributed by atoms with E-state index in [4.69, 9.17) is 16.3 Å². The summed E-state index contributed by atoms with van der Waals surface area (Å²) in [5, 5.41) is 3.67. The Labute approximate surface area is 165 Å². The summed E-state index contributed by atoms with van der Waals surface area (Å²) < 4.78 is 6.49. The Morgan fingerprint density at radius 2 is 1.79 bits per heavy atom. The third kappa shape index (κ3) is 3.01. The zero-order valence-electron chi connectivity index (χ0n) is 15.4. The number of aromatic amines is 2. The van der Waals surface area contributed by atoms with Gasteiger partial charge in [0.1, 0.15) is 16.8 Å². The number of nitrogens with one attached hydrogen (secondary N) is 2. The summed E-state index contributed by atoms with van der Waals surface area (Å²) in [5.41, 5.74) is 2.37. The van der Waals surface area contributed by atoms with Crippen molar-refractivity contribution in [3.8, 4) is 11.4 Å². The van der Waals surface area contributed by atoms with Crippen LogP contribution < -0.4 is 15.7 Å². The monoisotopic (exact) mass is 395 g/mol. The lowest BCUT2D eigenvalue weighted by atomic mass is 10.0. The van der Waals surface area contributed by atoms with Gasteiger partial charge in [0.2, 0.25) is 0 Å². The lowest BCUT2D eigenvalue weighted by Gasteiger charge is -2.07. The predicted octanol–water partition coefficient (Wildman–Crippen LogP) is 3.57. The molecule has 7 heteroatoms. The minimum absolute atomic E-state index is 0.100. The molecule has 4 aromatic rings. The normalized spacial score (nSPS) is 11.1. The average molecular weight is 396 g/mol. The number of aryl methyl sites for hydroxylation is 1. The van der Waals surface area contributed by atoms with Crippen LogP contribution in [0.4, 0.5) is 0 Å². The zero-order chi connectivity index (χ0) is 19.8. The molecule has 6 nitrogen and oxygen atoms in total. The number of ether oxygens (including phenoxy) is 1. The van der Waals surface area contributed by atoms with Gasteiger partial charge in [-0.1, -0.05) is 29.8 Å². The number of hydrogen-bond donors (Lipinski definition) is 2. The number of hydrogen-bond acceptors (Lipinski definition) is 3. The summed E-state index contributed by atoms with van der Waals surface area (Å²) in [6, 6.07) is 14.4. The Morgan fingerprint density at radius 3 is 2.46 bits per heavy atom. The number of fused-ring (bicyclic) bond motifs is 1. The number of nitrogens with zero attached hydrogens (tertiary/aromatic N) is 1. The zero-order valence-corrected chi connectivity index (χ0v) is 16.1. The highest BCUT2D eigenvalue weighted by Gasteiger charge is 2.18. The van der Waals surface area contributed by atoms with Crippen molar-refractivity contribution in [2.24, 2.45) is 0 Å². The van der Waals surface area contributed by atoms with E-state index in [9.17, 15) is 9.59 Å². The number of aromatic nitrogens is 3. The van der Waals surface area contributed by atoms with Crippen molar-refractivity contribution < 1.29 is 4.74 Å². The van der Waals surface area contributed by atoms with E-state index in [1.54, 1.807) is 37.4 Å². The lowest BCUT2D eigenvalue weighted by molar-refractivity contribution is 0.414. The van der Waals surface area contributed by atoms with Gasteiger partial charge in [-0.15, -0.1) is 0 Å². The molecule has 0 saturated heterocycles. The van der Waals surface area contributed by atoms with Crippen LogP contribution in [0.1, 0.15) is 16.8 Å². The average Bonchev–Trinajstić information content (AvgIpc) is 3.02. The van der Waals surface area contributed by atoms with E-state index in [-0.39, 0.29) is 10.8 Å². The van der Waals surface area contributed by atoms with Crippen molar-refractivity contribution in [1.29, 1.82) is 0 Å². The SMILES string of the molecule is COc1ccc(-n2[nH]c3[nH]c(C)c(Cc4ccccc4Cl)c(=O)c3c2=O)cc1. The van der Waals surface area contributed by atoms with Crippen LogP contribution in [0.5, 0.6) is 5.75 Å². The number of pyridine rings is 1. The molecule has 0 atom stereocenters. The van der Waals surface area contributed by atoms with Gasteiger partial charge in [-0.2, -0.15) is 0 Å². The molecule has 28 heavy (non-hydrogen) atoms. The summed E-state index contributed by atoms with van der Waals surface area (Å²) in [6.07, 6.45) is 0.351. The van der Waals surface area contributed by atoms with Crippen molar-refractivity contribution in [2.45, 2.75) is 13.3 Å². The lowest BCUT2D eigenvalue weighted by Crippen LogP contribution is -2.21. The Hall–Kier alpha value is -3.25. The number of H-pyrrole nitrogens is 2. The van der Waals surface area contributed by atoms with Crippen molar-refractivity contribution in [2.75, 3.05) is 7.11 Å². The minimum Gasteiger partial charge on any atom is -0.497 e. The maximum atomic E-state index is 13.1. The number of methoxy groups -OCH3 is 1. The van der Waals surface area contributed by atoms with Crippen molar-refractivity contribution in [1.82, 2.24) is 14.8 Å². The van der Waals surface area contributed by atoms with Gasteiger partial charge >= 0.3 is 0 Å². The molecule has 4 rings (SSSR count). The smallest absolute Gasteiger partial charge is 0.284 e. The number of rotatable bonds is 4. The molecule has 2 heterocycles. The molecule has 0 fully saturated rings. The molecule has 0 aliphatic carbocycles. The molecule has 2 aromatic heterocycles. The molecule has 0 bridgehead atoms. The van der Waals surface area contributed by atoms with Crippen molar-refractivity contribution in [3.05, 3.63) is 91.0 Å². The fourth-order valence-corrected chi connectivity index (χ4v) is 3.48. The van der Waals surface area contributed by atoms with Gasteiger partial charge in [-0.3, -0.25) is 14.7 Å². The van der Waals surface area contributed by atoms with E-state index in [1.165, 1.54) is 4.68 Å². The predicted molar refractivity (Wildman–Crippen MR) is 110 cm³/mol. The standard InChI is InChI=1S/C21H18ClN3O3/c1-12-16(11-13-5-3-4-6-17(13)22)19(26)18-20(23-12)24-25(21(18)27)14-7-9-15(28-2)10-8-14/h3-10H,11H2,1-2H3,(H2,23,24,26). The van der Waals surface area contributed by atoms with Gasteiger partial charge < -0.3 is 9.72 Å². The second kappa shape index (κ2) is 7.05. The first kappa shape index (κ1) is 18.1. The van der Waals surface area contributed by atoms with Crippen LogP contribution in [0.25, 0.3) is 16.7 Å². The van der Waals surface area contributed by atoms with Gasteiger partial charge in [0.15, 0.2) is 5.43 Å². The highest BCUT2D eigenvalue weighted by atomic mass is 35.5. The van der Waals surface area contributed by atoms with Gasteiger partial charge in [-0.25, -0.2) is 4.68 Å². The largest absolute Gasteiger partial charge is 0.497 e. The molecular formula is C21H18ClN3O3. The molecule has 2 N–H and O–H groups in total. The van der Waals surface area contributed by atoms with E-state index in [2.05, 4.69) is 10.1 Å². The number of benzene rings is 2. The molecule has 0 spiro atoms. The molecular weight excluding hydrogens is 378 g/mol. The third-order valence-corrected chi connectivity index (χ3v) is 5.18. The molecule has 0 unspecified atom stereocenters. The first-order valence-corrected chi connectivity index (χ1v) is 9.11. The maximum Gasteiger partial charge on any atom is 0.284 e. The fraction of sp³-hybridized carbons (Fsp3) is 0.143. The van der Waals surface area contributed by atoms with Gasteiger partial charge in [0.25, 0.3) is 5.56 Å². The topological polar surface area (TPSA) is 79.9 Å². The van der Waals surface area contributed by atoms with Crippen molar-refractivity contribution in [3.63, 3.8) is 0 Å². The first-order valence-electron chi connectivity index (χ1n) is 8.74. The van der Waals surface area contributed by atoms with E-state index in [0.717, 1.165) is 5.56 Å². The second-order valence-electron chi connectivity index (χ2n) is 6.53. The van der Waals surface area contributed by atoms with E-state index < -0.39 is 5.56 Å². The highest BCUT2D eigenvalue weighted by Crippen LogP contribution is 2.20. The van der Waals surface area contributed by atoms with Crippen molar-refractivity contribution >= 4 is 22.6 Å². The molecule has 0 aliphatic heterocycles. The molecule has 142 valence electrons. The van der Waals surface area contributed by atoms with Crippen LogP contribution in [0.2, 0.25) is 5.02 Å². The van der Waals surface area contributed by atoms with Gasteiger partial charge in [-0.05, 0) is 42.8 Å². The minimum atomic E-state index is -0.401. The molecule has 2 aromatic carbocycles. The quantitative estimate of drug-likeness (QED) is 0.554. The van der Waals surface area contributed by atoms with Crippen LogP contribution >= 0.6 is 11.6 Å². The number of halogens is 1. The van der Waals surface area contributed by atoms with E-state index in [0.29, 0.717) is 39.8 Å². The Morgan fingerprint density at radius 1 is 1.07 bits per heavy atom. The fourth-order valence-electron chi connectivity index (χ4n) is 3.28. The Balaban J connectivity index is 1.87. The first-order chi connectivity index (χ1) is 13.5. The van der Waals surface area contributed by atoms with Gasteiger partial charge in [0.05, 0.1) is 12.8 Å². The van der Waals surface area contributed by atoms with Crippen LogP contribution in [0.15, 0.2) is 58.1 Å². The summed E-state index contributed by atoms with van der Waals surface area (Å²) in [4.78, 5) is 29.2. The summed E-state index contributed by atoms with van der Waals surface area (Å²) >= 11 is 6.24. The van der Waals surface area contributed by atoms with Crippen LogP contribution in [-0.2, 0) is 6.42 Å². The van der Waals surface area contributed by atoms with Crippen LogP contribution in [0.3, 0.4) is 0 Å². The summed E-state index contributed by atoms with van der Waals surface area (Å²) in [5.74, 6) is 0.682. The Kier molecular flexibility index (Phi) is 4.57. The van der Waals surface area contributed by atoms with E-state index >= 15 is 0 Å².